The molecular formula is C21H25NO5. The second-order valence-electron chi connectivity index (χ2n) is 6.65. The van der Waals surface area contributed by atoms with Gasteiger partial charge in [-0.15, -0.1) is 0 Å². The molecule has 0 aromatic heterocycles. The molecule has 0 radical (unpaired) electrons. The van der Waals surface area contributed by atoms with Crippen LogP contribution >= 0.6 is 0 Å². The maximum absolute atomic E-state index is 12.5. The van der Waals surface area contributed by atoms with Crippen LogP contribution in [-0.4, -0.2) is 29.3 Å². The molecule has 0 heterocycles. The van der Waals surface area contributed by atoms with Crippen LogP contribution in [0.2, 0.25) is 0 Å². The lowest BCUT2D eigenvalue weighted by molar-refractivity contribution is -0.140. The van der Waals surface area contributed by atoms with E-state index in [9.17, 15) is 14.7 Å². The van der Waals surface area contributed by atoms with Crippen molar-refractivity contribution in [2.45, 2.75) is 39.5 Å². The normalized spacial score (nSPS) is 12.9. The minimum Gasteiger partial charge on any atom is -0.445 e. The van der Waals surface area contributed by atoms with Gasteiger partial charge in [-0.1, -0.05) is 61.9 Å². The van der Waals surface area contributed by atoms with E-state index >= 15 is 0 Å². The van der Waals surface area contributed by atoms with Crippen molar-refractivity contribution in [3.05, 3.63) is 65.7 Å². The number of benzene rings is 2. The molecule has 2 aromatic rings. The molecule has 6 heteroatoms. The molecule has 1 amide bonds. The number of aliphatic hydroxyl groups excluding tert-OH is 1. The number of nitrogens with one attached hydrogen (secondary N) is 1. The SMILES string of the molecule is Cc1ccc(OC(=O)[C@H](NC(=O)OCc2ccccc2)[C@@H](O)C(C)C)cc1. The Hall–Kier alpha value is -2.86. The Labute approximate surface area is 159 Å². The third-order valence-electron chi connectivity index (χ3n) is 4.00. The molecule has 2 aromatic carbocycles. The van der Waals surface area contributed by atoms with Crippen LogP contribution in [-0.2, 0) is 16.1 Å². The van der Waals surface area contributed by atoms with E-state index in [0.717, 1.165) is 11.1 Å². The fourth-order valence-corrected chi connectivity index (χ4v) is 2.35. The van der Waals surface area contributed by atoms with Gasteiger partial charge in [0.05, 0.1) is 6.10 Å². The number of ether oxygens (including phenoxy) is 2. The highest BCUT2D eigenvalue weighted by molar-refractivity contribution is 5.83. The van der Waals surface area contributed by atoms with Crippen LogP contribution in [0.5, 0.6) is 5.75 Å². The van der Waals surface area contributed by atoms with Crippen LogP contribution in [0.25, 0.3) is 0 Å². The van der Waals surface area contributed by atoms with E-state index in [1.54, 1.807) is 38.1 Å². The minimum atomic E-state index is -1.24. The summed E-state index contributed by atoms with van der Waals surface area (Å²) in [6, 6.07) is 14.8. The van der Waals surface area contributed by atoms with Crippen molar-refractivity contribution >= 4 is 12.1 Å². The Kier molecular flexibility index (Phi) is 7.37. The molecule has 27 heavy (non-hydrogen) atoms. The molecule has 0 bridgehead atoms. The van der Waals surface area contributed by atoms with Gasteiger partial charge in [0.25, 0.3) is 0 Å². The van der Waals surface area contributed by atoms with Crippen molar-refractivity contribution < 1.29 is 24.2 Å². The molecule has 0 aliphatic heterocycles. The fourth-order valence-electron chi connectivity index (χ4n) is 2.35. The lowest BCUT2D eigenvalue weighted by Crippen LogP contribution is -2.52. The molecule has 2 rings (SSSR count). The zero-order valence-electron chi connectivity index (χ0n) is 15.7. The van der Waals surface area contributed by atoms with Crippen LogP contribution in [0.1, 0.15) is 25.0 Å². The van der Waals surface area contributed by atoms with E-state index in [0.29, 0.717) is 5.75 Å². The molecule has 0 aliphatic rings. The van der Waals surface area contributed by atoms with E-state index < -0.39 is 24.2 Å². The van der Waals surface area contributed by atoms with Gasteiger partial charge in [0.2, 0.25) is 0 Å². The summed E-state index contributed by atoms with van der Waals surface area (Å²) in [6.07, 6.45) is -1.92. The number of alkyl carbamates (subject to hydrolysis) is 1. The summed E-state index contributed by atoms with van der Waals surface area (Å²) >= 11 is 0. The smallest absolute Gasteiger partial charge is 0.408 e. The lowest BCUT2D eigenvalue weighted by Gasteiger charge is -2.24. The Morgan fingerprint density at radius 1 is 1.04 bits per heavy atom. The van der Waals surface area contributed by atoms with Crippen molar-refractivity contribution in [1.29, 1.82) is 0 Å². The van der Waals surface area contributed by atoms with Gasteiger partial charge >= 0.3 is 12.1 Å². The van der Waals surface area contributed by atoms with Crippen molar-refractivity contribution in [3.63, 3.8) is 0 Å². The maximum atomic E-state index is 12.5. The van der Waals surface area contributed by atoms with Crippen LogP contribution in [0.4, 0.5) is 4.79 Å². The first-order valence-corrected chi connectivity index (χ1v) is 8.80. The quantitative estimate of drug-likeness (QED) is 0.577. The molecule has 0 spiro atoms. The Balaban J connectivity index is 2.01. The highest BCUT2D eigenvalue weighted by Gasteiger charge is 2.33. The van der Waals surface area contributed by atoms with E-state index in [1.807, 2.05) is 37.3 Å². The average Bonchev–Trinajstić information content (AvgIpc) is 2.66. The maximum Gasteiger partial charge on any atom is 0.408 e. The Morgan fingerprint density at radius 2 is 1.67 bits per heavy atom. The molecule has 2 N–H and O–H groups in total. The number of hydrogen-bond donors (Lipinski definition) is 2. The molecular weight excluding hydrogens is 346 g/mol. The van der Waals surface area contributed by atoms with Gasteiger partial charge < -0.3 is 19.9 Å². The van der Waals surface area contributed by atoms with Crippen LogP contribution < -0.4 is 10.1 Å². The first-order chi connectivity index (χ1) is 12.9. The summed E-state index contributed by atoms with van der Waals surface area (Å²) in [5, 5.41) is 12.8. The van der Waals surface area contributed by atoms with Gasteiger partial charge in [0, 0.05) is 0 Å². The number of esters is 1. The number of carbonyl (C=O) groups excluding carboxylic acids is 2. The van der Waals surface area contributed by atoms with E-state index in [4.69, 9.17) is 9.47 Å². The molecule has 0 fully saturated rings. The van der Waals surface area contributed by atoms with Gasteiger partial charge in [-0.05, 0) is 30.5 Å². The van der Waals surface area contributed by atoms with Crippen molar-refractivity contribution in [2.24, 2.45) is 5.92 Å². The van der Waals surface area contributed by atoms with Gasteiger partial charge in [-0.3, -0.25) is 0 Å². The van der Waals surface area contributed by atoms with Gasteiger partial charge in [-0.2, -0.15) is 0 Å². The van der Waals surface area contributed by atoms with Crippen LogP contribution in [0, 0.1) is 12.8 Å². The number of hydrogen-bond acceptors (Lipinski definition) is 5. The molecule has 144 valence electrons. The summed E-state index contributed by atoms with van der Waals surface area (Å²) < 4.78 is 10.4. The van der Waals surface area contributed by atoms with Crippen molar-refractivity contribution in [2.75, 3.05) is 0 Å². The standard InChI is InChI=1S/C21H25NO5/c1-14(2)19(23)18(20(24)27-17-11-9-15(3)10-12-17)22-21(25)26-13-16-7-5-4-6-8-16/h4-12,14,18-19,23H,13H2,1-3H3,(H,22,25)/t18-,19+/m1/s1. The largest absolute Gasteiger partial charge is 0.445 e. The third kappa shape index (κ3) is 6.42. The fraction of sp³-hybridized carbons (Fsp3) is 0.333. The summed E-state index contributed by atoms with van der Waals surface area (Å²) in [7, 11) is 0. The summed E-state index contributed by atoms with van der Waals surface area (Å²) in [6.45, 7) is 5.47. The van der Waals surface area contributed by atoms with Crippen LogP contribution in [0.15, 0.2) is 54.6 Å². The monoisotopic (exact) mass is 371 g/mol. The van der Waals surface area contributed by atoms with Gasteiger partial charge in [0.1, 0.15) is 12.4 Å². The number of amides is 1. The number of aliphatic hydroxyl groups is 1. The predicted molar refractivity (Wildman–Crippen MR) is 101 cm³/mol. The predicted octanol–water partition coefficient (Wildman–Crippen LogP) is 3.21. The molecule has 6 nitrogen and oxygen atoms in total. The van der Waals surface area contributed by atoms with Crippen LogP contribution in [0.3, 0.4) is 0 Å². The lowest BCUT2D eigenvalue weighted by atomic mass is 10.00. The number of carbonyl (C=O) groups is 2. The summed E-state index contributed by atoms with van der Waals surface area (Å²) in [5.74, 6) is -0.683. The topological polar surface area (TPSA) is 84.9 Å². The molecule has 0 saturated carbocycles. The zero-order chi connectivity index (χ0) is 19.8. The Bertz CT molecular complexity index is 743. The molecule has 0 unspecified atom stereocenters. The second-order valence-corrected chi connectivity index (χ2v) is 6.65. The molecule has 0 saturated heterocycles. The first kappa shape index (κ1) is 20.5. The number of aryl methyl sites for hydroxylation is 1. The van der Waals surface area contributed by atoms with Gasteiger partial charge in [-0.25, -0.2) is 9.59 Å². The first-order valence-electron chi connectivity index (χ1n) is 8.80. The zero-order valence-corrected chi connectivity index (χ0v) is 15.7. The summed E-state index contributed by atoms with van der Waals surface area (Å²) in [4.78, 5) is 24.6. The van der Waals surface area contributed by atoms with E-state index in [2.05, 4.69) is 5.32 Å². The molecule has 0 aliphatic carbocycles. The van der Waals surface area contributed by atoms with Gasteiger partial charge in [0.15, 0.2) is 6.04 Å². The Morgan fingerprint density at radius 3 is 2.26 bits per heavy atom. The van der Waals surface area contributed by atoms with E-state index in [-0.39, 0.29) is 12.5 Å². The van der Waals surface area contributed by atoms with E-state index in [1.165, 1.54) is 0 Å². The number of rotatable bonds is 7. The second kappa shape index (κ2) is 9.73. The van der Waals surface area contributed by atoms with Crippen molar-refractivity contribution in [1.82, 2.24) is 5.32 Å². The average molecular weight is 371 g/mol. The summed E-state index contributed by atoms with van der Waals surface area (Å²) in [5.41, 5.74) is 1.84. The highest BCUT2D eigenvalue weighted by Crippen LogP contribution is 2.15. The molecule has 2 atom stereocenters. The minimum absolute atomic E-state index is 0.0597. The highest BCUT2D eigenvalue weighted by atomic mass is 16.6. The van der Waals surface area contributed by atoms with Crippen molar-refractivity contribution in [3.8, 4) is 5.75 Å². The third-order valence-corrected chi connectivity index (χ3v) is 4.00.